The number of hydrogen-bond acceptors (Lipinski definition) is 4. The van der Waals surface area contributed by atoms with Gasteiger partial charge in [0, 0.05) is 11.1 Å². The maximum atomic E-state index is 8.97. The molecule has 104 valence electrons. The standard InChI is InChI=1S/C17H15N3O/c1-12(20-21)16-11-18-17(13-7-3-2-4-8-13)14-9-5-6-10-15(14)19-16/h2-10,21H,11H2,1H3. The van der Waals surface area contributed by atoms with Crippen LogP contribution in [0.1, 0.15) is 18.1 Å². The van der Waals surface area contributed by atoms with Crippen molar-refractivity contribution in [2.75, 3.05) is 6.54 Å². The van der Waals surface area contributed by atoms with Gasteiger partial charge in [0.05, 0.1) is 29.4 Å². The quantitative estimate of drug-likeness (QED) is 0.510. The molecule has 1 aliphatic heterocycles. The summed E-state index contributed by atoms with van der Waals surface area (Å²) in [6, 6.07) is 17.9. The number of para-hydroxylation sites is 1. The van der Waals surface area contributed by atoms with E-state index in [1.165, 1.54) is 0 Å². The Labute approximate surface area is 123 Å². The highest BCUT2D eigenvalue weighted by atomic mass is 16.4. The molecule has 1 heterocycles. The second-order valence-electron chi connectivity index (χ2n) is 4.79. The Morgan fingerprint density at radius 2 is 1.76 bits per heavy atom. The molecular formula is C17H15N3O. The zero-order valence-corrected chi connectivity index (χ0v) is 11.7. The summed E-state index contributed by atoms with van der Waals surface area (Å²) < 4.78 is 0. The van der Waals surface area contributed by atoms with Crippen molar-refractivity contribution in [3.05, 3.63) is 65.7 Å². The molecule has 0 aliphatic carbocycles. The number of oxime groups is 1. The summed E-state index contributed by atoms with van der Waals surface area (Å²) in [5.41, 5.74) is 4.97. The maximum Gasteiger partial charge on any atom is 0.0998 e. The van der Waals surface area contributed by atoms with E-state index in [0.717, 1.165) is 22.5 Å². The van der Waals surface area contributed by atoms with Crippen LogP contribution in [0.2, 0.25) is 0 Å². The summed E-state index contributed by atoms with van der Waals surface area (Å²) in [4.78, 5) is 9.28. The molecule has 0 amide bonds. The number of hydrogen-bond donors (Lipinski definition) is 1. The molecule has 0 fully saturated rings. The molecule has 0 bridgehead atoms. The second kappa shape index (κ2) is 5.71. The molecule has 0 atom stereocenters. The van der Waals surface area contributed by atoms with Crippen molar-refractivity contribution in [1.29, 1.82) is 0 Å². The summed E-state index contributed by atoms with van der Waals surface area (Å²) in [6.45, 7) is 2.12. The van der Waals surface area contributed by atoms with Gasteiger partial charge < -0.3 is 5.21 Å². The van der Waals surface area contributed by atoms with Gasteiger partial charge in [-0.15, -0.1) is 0 Å². The summed E-state index contributed by atoms with van der Waals surface area (Å²) in [6.07, 6.45) is 0. The van der Waals surface area contributed by atoms with Crippen molar-refractivity contribution in [2.24, 2.45) is 15.1 Å². The average molecular weight is 277 g/mol. The summed E-state index contributed by atoms with van der Waals surface area (Å²) in [5.74, 6) is 0. The Morgan fingerprint density at radius 1 is 1.05 bits per heavy atom. The van der Waals surface area contributed by atoms with Gasteiger partial charge in [-0.25, -0.2) is 4.99 Å². The first-order valence-corrected chi connectivity index (χ1v) is 6.75. The minimum atomic E-state index is 0.398. The van der Waals surface area contributed by atoms with E-state index in [-0.39, 0.29) is 0 Å². The topological polar surface area (TPSA) is 57.3 Å². The van der Waals surface area contributed by atoms with E-state index < -0.39 is 0 Å². The van der Waals surface area contributed by atoms with Crippen molar-refractivity contribution in [2.45, 2.75) is 6.92 Å². The maximum absolute atomic E-state index is 8.97. The van der Waals surface area contributed by atoms with Crippen LogP contribution in [0, 0.1) is 0 Å². The first-order chi connectivity index (χ1) is 10.3. The first kappa shape index (κ1) is 13.2. The molecule has 0 unspecified atom stereocenters. The number of fused-ring (bicyclic) bond motifs is 1. The van der Waals surface area contributed by atoms with Crippen LogP contribution in [0.25, 0.3) is 0 Å². The third kappa shape index (κ3) is 2.60. The summed E-state index contributed by atoms with van der Waals surface area (Å²) in [7, 11) is 0. The van der Waals surface area contributed by atoms with Crippen LogP contribution in [0.3, 0.4) is 0 Å². The van der Waals surface area contributed by atoms with Crippen LogP contribution < -0.4 is 0 Å². The van der Waals surface area contributed by atoms with Crippen molar-refractivity contribution in [3.8, 4) is 0 Å². The number of benzene rings is 2. The third-order valence-electron chi connectivity index (χ3n) is 3.42. The smallest absolute Gasteiger partial charge is 0.0998 e. The minimum absolute atomic E-state index is 0.398. The predicted octanol–water partition coefficient (Wildman–Crippen LogP) is 3.46. The summed E-state index contributed by atoms with van der Waals surface area (Å²) in [5, 5.41) is 12.2. The lowest BCUT2D eigenvalue weighted by Gasteiger charge is -2.07. The fourth-order valence-corrected chi connectivity index (χ4v) is 2.29. The molecule has 0 saturated carbocycles. The predicted molar refractivity (Wildman–Crippen MR) is 85.4 cm³/mol. The minimum Gasteiger partial charge on any atom is -0.411 e. The van der Waals surface area contributed by atoms with E-state index in [1.807, 2.05) is 54.6 Å². The molecular weight excluding hydrogens is 262 g/mol. The Morgan fingerprint density at radius 3 is 2.52 bits per heavy atom. The van der Waals surface area contributed by atoms with Crippen LogP contribution in [0.4, 0.5) is 5.69 Å². The molecule has 3 rings (SSSR count). The van der Waals surface area contributed by atoms with Gasteiger partial charge in [-0.3, -0.25) is 4.99 Å². The molecule has 1 aliphatic rings. The molecule has 4 heteroatoms. The molecule has 2 aromatic carbocycles. The molecule has 0 aromatic heterocycles. The van der Waals surface area contributed by atoms with Crippen LogP contribution >= 0.6 is 0 Å². The first-order valence-electron chi connectivity index (χ1n) is 6.75. The molecule has 0 saturated heterocycles. The normalized spacial score (nSPS) is 14.8. The van der Waals surface area contributed by atoms with E-state index in [4.69, 9.17) is 5.21 Å². The highest BCUT2D eigenvalue weighted by Crippen LogP contribution is 2.25. The van der Waals surface area contributed by atoms with Crippen molar-refractivity contribution in [1.82, 2.24) is 0 Å². The van der Waals surface area contributed by atoms with E-state index in [1.54, 1.807) is 6.92 Å². The van der Waals surface area contributed by atoms with Crippen molar-refractivity contribution < 1.29 is 5.21 Å². The number of nitrogens with zero attached hydrogens (tertiary/aromatic N) is 3. The SMILES string of the molecule is CC(=NO)C1=Nc2ccccc2C(c2ccccc2)=NC1. The average Bonchev–Trinajstić information content (AvgIpc) is 2.74. The van der Waals surface area contributed by atoms with Crippen LogP contribution in [0.15, 0.2) is 69.7 Å². The lowest BCUT2D eigenvalue weighted by Crippen LogP contribution is -2.14. The summed E-state index contributed by atoms with van der Waals surface area (Å²) >= 11 is 0. The molecule has 2 aromatic rings. The van der Waals surface area contributed by atoms with Gasteiger partial charge in [-0.1, -0.05) is 53.7 Å². The highest BCUT2D eigenvalue weighted by Gasteiger charge is 2.16. The second-order valence-corrected chi connectivity index (χ2v) is 4.79. The van der Waals surface area contributed by atoms with E-state index in [9.17, 15) is 0 Å². The Bertz CT molecular complexity index is 746. The highest BCUT2D eigenvalue weighted by molar-refractivity contribution is 6.43. The monoisotopic (exact) mass is 277 g/mol. The van der Waals surface area contributed by atoms with Crippen molar-refractivity contribution in [3.63, 3.8) is 0 Å². The lowest BCUT2D eigenvalue weighted by molar-refractivity contribution is 0.320. The van der Waals surface area contributed by atoms with Crippen molar-refractivity contribution >= 4 is 22.8 Å². The largest absolute Gasteiger partial charge is 0.411 e. The lowest BCUT2D eigenvalue weighted by atomic mass is 10.0. The zero-order chi connectivity index (χ0) is 14.7. The van der Waals surface area contributed by atoms with Gasteiger partial charge in [-0.05, 0) is 13.0 Å². The molecule has 0 spiro atoms. The van der Waals surface area contributed by atoms with Crippen LogP contribution in [0.5, 0.6) is 0 Å². The molecule has 0 radical (unpaired) electrons. The van der Waals surface area contributed by atoms with Gasteiger partial charge in [0.25, 0.3) is 0 Å². The molecule has 1 N–H and O–H groups in total. The number of aliphatic imine (C=N–C) groups is 2. The fourth-order valence-electron chi connectivity index (χ4n) is 2.29. The molecule has 4 nitrogen and oxygen atoms in total. The number of rotatable bonds is 2. The van der Waals surface area contributed by atoms with Crippen LogP contribution in [-0.2, 0) is 0 Å². The zero-order valence-electron chi connectivity index (χ0n) is 11.7. The van der Waals surface area contributed by atoms with Gasteiger partial charge in [0.2, 0.25) is 0 Å². The Kier molecular flexibility index (Phi) is 3.60. The van der Waals surface area contributed by atoms with E-state index in [2.05, 4.69) is 15.1 Å². The van der Waals surface area contributed by atoms with Gasteiger partial charge in [0.1, 0.15) is 0 Å². The fraction of sp³-hybridized carbons (Fsp3) is 0.118. The third-order valence-corrected chi connectivity index (χ3v) is 3.42. The van der Waals surface area contributed by atoms with Gasteiger partial charge in [-0.2, -0.15) is 0 Å². The van der Waals surface area contributed by atoms with Crippen LogP contribution in [-0.4, -0.2) is 28.9 Å². The Hall–Kier alpha value is -2.75. The van der Waals surface area contributed by atoms with E-state index >= 15 is 0 Å². The van der Waals surface area contributed by atoms with E-state index in [0.29, 0.717) is 18.0 Å². The van der Waals surface area contributed by atoms with Gasteiger partial charge >= 0.3 is 0 Å². The van der Waals surface area contributed by atoms with Gasteiger partial charge in [0.15, 0.2) is 0 Å². The Balaban J connectivity index is 2.16. The molecule has 21 heavy (non-hydrogen) atoms.